The smallest absolute Gasteiger partial charge is 0.490 e. The molecule has 184 valence electrons. The standard InChI is InChI=1S/C21H20N4O2S.C2HF3O2/c26-15-5-3-4-14(10-15)24-21-20-17(22-13-23-21)11-19(28-20)18-7-6-16(27-18)12-25-8-1-2-9-25;3-2(4,5)1(6)7/h3-7,10-11,13,26H,1-2,8-9,12H2,(H,22,23,24);(H,6,7). The summed E-state index contributed by atoms with van der Waals surface area (Å²) in [4.78, 5) is 21.1. The van der Waals surface area contributed by atoms with Crippen LogP contribution in [0.1, 0.15) is 18.6 Å². The van der Waals surface area contributed by atoms with Gasteiger partial charge in [0.15, 0.2) is 5.82 Å². The van der Waals surface area contributed by atoms with Gasteiger partial charge < -0.3 is 19.9 Å². The first-order chi connectivity index (χ1) is 16.7. The third-order valence-corrected chi connectivity index (χ3v) is 6.29. The van der Waals surface area contributed by atoms with E-state index in [4.69, 9.17) is 14.3 Å². The zero-order chi connectivity index (χ0) is 25.0. The van der Waals surface area contributed by atoms with Crippen LogP contribution in [0.25, 0.3) is 20.9 Å². The maximum atomic E-state index is 10.6. The molecule has 12 heteroatoms. The van der Waals surface area contributed by atoms with E-state index in [0.717, 1.165) is 57.8 Å². The number of hydrogen-bond acceptors (Lipinski definition) is 8. The normalized spacial score (nSPS) is 14.0. The second kappa shape index (κ2) is 10.3. The van der Waals surface area contributed by atoms with Crippen molar-refractivity contribution in [3.8, 4) is 16.4 Å². The fourth-order valence-electron chi connectivity index (χ4n) is 3.54. The molecule has 0 unspecified atom stereocenters. The minimum Gasteiger partial charge on any atom is -0.508 e. The quantitative estimate of drug-likeness (QED) is 0.319. The van der Waals surface area contributed by atoms with Crippen LogP contribution in [0, 0.1) is 0 Å². The number of furan rings is 1. The highest BCUT2D eigenvalue weighted by Gasteiger charge is 2.38. The summed E-state index contributed by atoms with van der Waals surface area (Å²) in [5, 5.41) is 20.1. The van der Waals surface area contributed by atoms with Gasteiger partial charge in [0.2, 0.25) is 0 Å². The summed E-state index contributed by atoms with van der Waals surface area (Å²) < 4.78 is 38.8. The van der Waals surface area contributed by atoms with E-state index >= 15 is 0 Å². The van der Waals surface area contributed by atoms with Gasteiger partial charge in [-0.3, -0.25) is 4.90 Å². The lowest BCUT2D eigenvalue weighted by atomic mass is 10.3. The van der Waals surface area contributed by atoms with Gasteiger partial charge in [0, 0.05) is 11.8 Å². The molecule has 0 amide bonds. The Balaban J connectivity index is 0.000000364. The molecule has 5 rings (SSSR count). The van der Waals surface area contributed by atoms with Gasteiger partial charge in [0.1, 0.15) is 23.6 Å². The number of fused-ring (bicyclic) bond motifs is 1. The van der Waals surface area contributed by atoms with Crippen molar-refractivity contribution >= 4 is 39.0 Å². The van der Waals surface area contributed by atoms with Crippen molar-refractivity contribution in [2.75, 3.05) is 18.4 Å². The molecule has 4 heterocycles. The highest BCUT2D eigenvalue weighted by molar-refractivity contribution is 7.22. The highest BCUT2D eigenvalue weighted by Crippen LogP contribution is 2.37. The molecule has 0 atom stereocenters. The summed E-state index contributed by atoms with van der Waals surface area (Å²) in [5.74, 6) is 0.0329. The van der Waals surface area contributed by atoms with E-state index in [-0.39, 0.29) is 5.75 Å². The number of likely N-dealkylation sites (tertiary alicyclic amines) is 1. The molecular formula is C23H21F3N4O4S. The Morgan fingerprint density at radius 1 is 1.14 bits per heavy atom. The Hall–Kier alpha value is -3.64. The number of phenolic OH excluding ortho intramolecular Hbond substituents is 1. The fraction of sp³-hybridized carbons (Fsp3) is 0.261. The van der Waals surface area contributed by atoms with Crippen molar-refractivity contribution in [3.05, 3.63) is 54.6 Å². The van der Waals surface area contributed by atoms with E-state index in [1.165, 1.54) is 12.8 Å². The summed E-state index contributed by atoms with van der Waals surface area (Å²) in [6.07, 6.45) is -0.986. The van der Waals surface area contributed by atoms with Crippen molar-refractivity contribution in [2.45, 2.75) is 25.6 Å². The molecule has 1 aliphatic rings. The number of aliphatic carboxylic acids is 1. The molecule has 0 spiro atoms. The third-order valence-electron chi connectivity index (χ3n) is 5.15. The highest BCUT2D eigenvalue weighted by atomic mass is 32.1. The van der Waals surface area contributed by atoms with Gasteiger partial charge in [-0.1, -0.05) is 6.07 Å². The Morgan fingerprint density at radius 3 is 2.57 bits per heavy atom. The number of phenols is 1. The number of aromatic nitrogens is 2. The molecule has 4 aromatic rings. The van der Waals surface area contributed by atoms with Crippen molar-refractivity contribution in [1.29, 1.82) is 0 Å². The number of carbonyl (C=O) groups is 1. The topological polar surface area (TPSA) is 112 Å². The Labute approximate surface area is 201 Å². The van der Waals surface area contributed by atoms with Gasteiger partial charge >= 0.3 is 12.1 Å². The van der Waals surface area contributed by atoms with Gasteiger partial charge in [-0.2, -0.15) is 13.2 Å². The Kier molecular flexibility index (Phi) is 7.22. The molecule has 0 saturated carbocycles. The predicted octanol–water partition coefficient (Wildman–Crippen LogP) is 5.63. The van der Waals surface area contributed by atoms with Crippen molar-refractivity contribution in [2.24, 2.45) is 0 Å². The first-order valence-electron chi connectivity index (χ1n) is 10.6. The van der Waals surface area contributed by atoms with E-state index in [2.05, 4.69) is 26.3 Å². The molecule has 35 heavy (non-hydrogen) atoms. The fourth-order valence-corrected chi connectivity index (χ4v) is 4.56. The van der Waals surface area contributed by atoms with Crippen LogP contribution >= 0.6 is 11.3 Å². The maximum absolute atomic E-state index is 10.6. The third kappa shape index (κ3) is 6.28. The Morgan fingerprint density at radius 2 is 1.89 bits per heavy atom. The molecule has 8 nitrogen and oxygen atoms in total. The monoisotopic (exact) mass is 506 g/mol. The van der Waals surface area contributed by atoms with Crippen molar-refractivity contribution in [3.63, 3.8) is 0 Å². The molecule has 1 fully saturated rings. The molecule has 1 aliphatic heterocycles. The number of carboxylic acids is 1. The number of alkyl halides is 3. The van der Waals surface area contributed by atoms with E-state index in [9.17, 15) is 18.3 Å². The number of anilines is 2. The van der Waals surface area contributed by atoms with Crippen LogP contribution in [0.2, 0.25) is 0 Å². The minimum absolute atomic E-state index is 0.211. The molecule has 3 aromatic heterocycles. The summed E-state index contributed by atoms with van der Waals surface area (Å²) in [6, 6.07) is 13.1. The van der Waals surface area contributed by atoms with Crippen LogP contribution in [0.5, 0.6) is 5.75 Å². The van der Waals surface area contributed by atoms with Crippen LogP contribution < -0.4 is 5.32 Å². The number of nitrogens with one attached hydrogen (secondary N) is 1. The number of carboxylic acid groups (broad SMARTS) is 1. The van der Waals surface area contributed by atoms with Crippen LogP contribution in [0.4, 0.5) is 24.7 Å². The Bertz CT molecular complexity index is 1320. The molecular weight excluding hydrogens is 485 g/mol. The molecule has 0 bridgehead atoms. The zero-order valence-electron chi connectivity index (χ0n) is 18.2. The lowest BCUT2D eigenvalue weighted by molar-refractivity contribution is -0.192. The second-order valence-electron chi connectivity index (χ2n) is 7.77. The number of halogens is 3. The average molecular weight is 507 g/mol. The number of aromatic hydroxyl groups is 1. The van der Waals surface area contributed by atoms with Crippen LogP contribution in [0.15, 0.2) is 53.2 Å². The molecule has 1 aromatic carbocycles. The first-order valence-corrected chi connectivity index (χ1v) is 11.4. The summed E-state index contributed by atoms with van der Waals surface area (Å²) >= 11 is 1.60. The molecule has 1 saturated heterocycles. The predicted molar refractivity (Wildman–Crippen MR) is 125 cm³/mol. The lowest BCUT2D eigenvalue weighted by Gasteiger charge is -2.11. The van der Waals surface area contributed by atoms with E-state index in [1.54, 1.807) is 35.9 Å². The second-order valence-corrected chi connectivity index (χ2v) is 8.83. The lowest BCUT2D eigenvalue weighted by Crippen LogP contribution is -2.21. The van der Waals surface area contributed by atoms with E-state index < -0.39 is 12.1 Å². The summed E-state index contributed by atoms with van der Waals surface area (Å²) in [6.45, 7) is 3.17. The number of rotatable bonds is 5. The van der Waals surface area contributed by atoms with Crippen LogP contribution in [-0.2, 0) is 11.3 Å². The van der Waals surface area contributed by atoms with Crippen molar-refractivity contribution < 1.29 is 32.6 Å². The van der Waals surface area contributed by atoms with Gasteiger partial charge in [-0.15, -0.1) is 11.3 Å². The zero-order valence-corrected chi connectivity index (χ0v) is 19.1. The minimum atomic E-state index is -5.08. The largest absolute Gasteiger partial charge is 0.508 e. The average Bonchev–Trinajstić information content (AvgIpc) is 3.55. The molecule has 0 aliphatic carbocycles. The van der Waals surface area contributed by atoms with Gasteiger partial charge in [-0.25, -0.2) is 14.8 Å². The summed E-state index contributed by atoms with van der Waals surface area (Å²) in [5.41, 5.74) is 1.65. The van der Waals surface area contributed by atoms with Crippen LogP contribution in [0.3, 0.4) is 0 Å². The first kappa shape index (κ1) is 24.5. The number of nitrogens with zero attached hydrogens (tertiary/aromatic N) is 3. The van der Waals surface area contributed by atoms with Gasteiger partial charge in [-0.05, 0) is 56.3 Å². The maximum Gasteiger partial charge on any atom is 0.490 e. The van der Waals surface area contributed by atoms with Gasteiger partial charge in [0.25, 0.3) is 0 Å². The number of hydrogen-bond donors (Lipinski definition) is 3. The SMILES string of the molecule is O=C(O)C(F)(F)F.Oc1cccc(Nc2ncnc3cc(-c4ccc(CN5CCCC5)o4)sc23)c1. The summed E-state index contributed by atoms with van der Waals surface area (Å²) in [7, 11) is 0. The van der Waals surface area contributed by atoms with E-state index in [1.807, 2.05) is 18.2 Å². The molecule has 0 radical (unpaired) electrons. The van der Waals surface area contributed by atoms with Crippen LogP contribution in [-0.4, -0.2) is 50.3 Å². The number of benzene rings is 1. The number of thiophene rings is 1. The van der Waals surface area contributed by atoms with Crippen molar-refractivity contribution in [1.82, 2.24) is 14.9 Å². The van der Waals surface area contributed by atoms with Gasteiger partial charge in [0.05, 0.1) is 21.6 Å². The molecule has 3 N–H and O–H groups in total. The van der Waals surface area contributed by atoms with E-state index in [0.29, 0.717) is 0 Å².